The van der Waals surface area contributed by atoms with Gasteiger partial charge in [-0.2, -0.15) is 0 Å². The van der Waals surface area contributed by atoms with Crippen LogP contribution in [0.15, 0.2) is 52.5 Å². The first-order chi connectivity index (χ1) is 17.5. The zero-order valence-corrected chi connectivity index (χ0v) is 23.5. The number of carbonyl (C=O) groups excluding carboxylic acids is 2. The van der Waals surface area contributed by atoms with Gasteiger partial charge in [0.05, 0.1) is 27.8 Å². The number of thiazole rings is 1. The van der Waals surface area contributed by atoms with E-state index in [9.17, 15) is 9.59 Å². The van der Waals surface area contributed by atoms with Crippen molar-refractivity contribution in [2.75, 3.05) is 6.54 Å². The lowest BCUT2D eigenvalue weighted by Crippen LogP contribution is -2.44. The Morgan fingerprint density at radius 3 is 2.49 bits per heavy atom. The van der Waals surface area contributed by atoms with Crippen molar-refractivity contribution >= 4 is 23.0 Å². The lowest BCUT2D eigenvalue weighted by Gasteiger charge is -2.28. The topological polar surface area (TPSA) is 76.3 Å². The molecule has 196 valence electrons. The van der Waals surface area contributed by atoms with Crippen molar-refractivity contribution in [3.05, 3.63) is 70.7 Å². The number of hydrogen-bond donors (Lipinski definition) is 0. The van der Waals surface area contributed by atoms with Gasteiger partial charge in [0.2, 0.25) is 5.91 Å². The van der Waals surface area contributed by atoms with Gasteiger partial charge in [0.15, 0.2) is 5.78 Å². The maximum atomic E-state index is 13.8. The second-order valence-corrected chi connectivity index (χ2v) is 12.3. The van der Waals surface area contributed by atoms with Crippen molar-refractivity contribution in [3.63, 3.8) is 0 Å². The first-order valence-corrected chi connectivity index (χ1v) is 13.8. The number of aryl methyl sites for hydroxylation is 2. The van der Waals surface area contributed by atoms with Gasteiger partial charge in [-0.25, -0.2) is 4.98 Å². The molecule has 3 heterocycles. The average Bonchev–Trinajstić information content (AvgIpc) is 3.57. The van der Waals surface area contributed by atoms with Gasteiger partial charge in [-0.1, -0.05) is 76.2 Å². The molecule has 6 nitrogen and oxygen atoms in total. The standard InChI is InChI=1S/C30H37N3O3S/c1-18(2)27(25-15-26(32-36-25)30(5,6)7)29(35)33-16-19(3)14-23(33)24(34)13-10-21-8-11-22(12-9-21)28-20(4)31-17-37-28/h8-9,11-12,15,17-18,23,27H,3,10,13-14,16H2,1-2,4-7H3. The van der Waals surface area contributed by atoms with Gasteiger partial charge in [-0.05, 0) is 36.8 Å². The van der Waals surface area contributed by atoms with Crippen LogP contribution in [0.5, 0.6) is 0 Å². The Labute approximate surface area is 223 Å². The number of carbonyl (C=O) groups is 2. The van der Waals surface area contributed by atoms with Gasteiger partial charge in [-0.15, -0.1) is 11.3 Å². The maximum absolute atomic E-state index is 13.8. The number of amides is 1. The Morgan fingerprint density at radius 2 is 1.92 bits per heavy atom. The highest BCUT2D eigenvalue weighted by Crippen LogP contribution is 2.34. The Hall–Kier alpha value is -3.06. The lowest BCUT2D eigenvalue weighted by atomic mass is 9.88. The summed E-state index contributed by atoms with van der Waals surface area (Å²) >= 11 is 1.63. The smallest absolute Gasteiger partial charge is 0.234 e. The van der Waals surface area contributed by atoms with E-state index in [0.29, 0.717) is 31.6 Å². The van der Waals surface area contributed by atoms with Gasteiger partial charge in [0.25, 0.3) is 0 Å². The Bertz CT molecular complexity index is 1280. The summed E-state index contributed by atoms with van der Waals surface area (Å²) in [4.78, 5) is 34.4. The molecular formula is C30H37N3O3S. The molecule has 1 aromatic carbocycles. The van der Waals surface area contributed by atoms with E-state index in [4.69, 9.17) is 4.52 Å². The molecule has 0 radical (unpaired) electrons. The summed E-state index contributed by atoms with van der Waals surface area (Å²) in [7, 11) is 0. The van der Waals surface area contributed by atoms with E-state index >= 15 is 0 Å². The number of rotatable bonds is 8. The molecule has 0 spiro atoms. The molecule has 4 rings (SSSR count). The first-order valence-electron chi connectivity index (χ1n) is 12.9. The SMILES string of the molecule is C=C1CC(C(=O)CCc2ccc(-c3scnc3C)cc2)N(C(=O)C(c2cc(C(C)(C)C)no2)C(C)C)C1. The molecular weight excluding hydrogens is 482 g/mol. The third-order valence-corrected chi connectivity index (χ3v) is 8.04. The molecule has 37 heavy (non-hydrogen) atoms. The Morgan fingerprint density at radius 1 is 1.22 bits per heavy atom. The Kier molecular flexibility index (Phi) is 7.83. The highest BCUT2D eigenvalue weighted by molar-refractivity contribution is 7.13. The summed E-state index contributed by atoms with van der Waals surface area (Å²) in [5.41, 5.74) is 6.67. The van der Waals surface area contributed by atoms with Crippen LogP contribution in [0.3, 0.4) is 0 Å². The van der Waals surface area contributed by atoms with Gasteiger partial charge in [0, 0.05) is 24.4 Å². The molecule has 1 saturated heterocycles. The first kappa shape index (κ1) is 27.0. The van der Waals surface area contributed by atoms with Gasteiger partial charge < -0.3 is 9.42 Å². The summed E-state index contributed by atoms with van der Waals surface area (Å²) in [5, 5.41) is 4.23. The van der Waals surface area contributed by atoms with Crippen molar-refractivity contribution in [1.29, 1.82) is 0 Å². The third kappa shape index (κ3) is 5.93. The lowest BCUT2D eigenvalue weighted by molar-refractivity contribution is -0.140. The van der Waals surface area contributed by atoms with Crippen LogP contribution in [0.25, 0.3) is 10.4 Å². The van der Waals surface area contributed by atoms with Crippen molar-refractivity contribution in [1.82, 2.24) is 15.0 Å². The Balaban J connectivity index is 1.45. The van der Waals surface area contributed by atoms with Crippen LogP contribution in [-0.4, -0.2) is 39.3 Å². The fourth-order valence-electron chi connectivity index (χ4n) is 4.86. The predicted octanol–water partition coefficient (Wildman–Crippen LogP) is 6.50. The van der Waals surface area contributed by atoms with Crippen LogP contribution in [0, 0.1) is 12.8 Å². The van der Waals surface area contributed by atoms with E-state index in [1.165, 1.54) is 4.88 Å². The maximum Gasteiger partial charge on any atom is 0.234 e. The number of likely N-dealkylation sites (tertiary alicyclic amines) is 1. The van der Waals surface area contributed by atoms with Crippen molar-refractivity contribution < 1.29 is 14.1 Å². The molecule has 0 N–H and O–H groups in total. The van der Waals surface area contributed by atoms with Crippen LogP contribution >= 0.6 is 11.3 Å². The summed E-state index contributed by atoms with van der Waals surface area (Å²) in [6.07, 6.45) is 1.53. The molecule has 1 aliphatic rings. The van der Waals surface area contributed by atoms with E-state index in [1.54, 1.807) is 16.2 Å². The van der Waals surface area contributed by atoms with Gasteiger partial charge >= 0.3 is 0 Å². The van der Waals surface area contributed by atoms with E-state index in [2.05, 4.69) is 61.8 Å². The second kappa shape index (κ2) is 10.7. The summed E-state index contributed by atoms with van der Waals surface area (Å²) in [5.74, 6) is 0.0498. The van der Waals surface area contributed by atoms with E-state index in [-0.39, 0.29) is 23.0 Å². The molecule has 2 atom stereocenters. The number of benzene rings is 1. The minimum Gasteiger partial charge on any atom is -0.360 e. The number of ketones is 1. The van der Waals surface area contributed by atoms with Crippen molar-refractivity contribution in [2.45, 2.75) is 78.2 Å². The van der Waals surface area contributed by atoms with Crippen LogP contribution < -0.4 is 0 Å². The largest absolute Gasteiger partial charge is 0.360 e. The molecule has 2 aromatic heterocycles. The normalized spacial score (nSPS) is 17.0. The second-order valence-electron chi connectivity index (χ2n) is 11.5. The molecule has 3 aromatic rings. The fourth-order valence-corrected chi connectivity index (χ4v) is 5.67. The fraction of sp³-hybridized carbons (Fsp3) is 0.467. The third-order valence-electron chi connectivity index (χ3n) is 7.06. The molecule has 0 bridgehead atoms. The van der Waals surface area contributed by atoms with Crippen molar-refractivity contribution in [2.24, 2.45) is 5.92 Å². The van der Waals surface area contributed by atoms with Crippen molar-refractivity contribution in [3.8, 4) is 10.4 Å². The van der Waals surface area contributed by atoms with Gasteiger partial charge in [0.1, 0.15) is 11.7 Å². The summed E-state index contributed by atoms with van der Waals surface area (Å²) < 4.78 is 5.66. The summed E-state index contributed by atoms with van der Waals surface area (Å²) in [6.45, 7) is 16.7. The number of Topliss-reactive ketones (excluding diaryl/α,β-unsaturated/α-hetero) is 1. The highest BCUT2D eigenvalue weighted by Gasteiger charge is 2.41. The zero-order valence-electron chi connectivity index (χ0n) is 22.7. The monoisotopic (exact) mass is 519 g/mol. The minimum absolute atomic E-state index is 0.00131. The number of nitrogens with zero attached hydrogens (tertiary/aromatic N) is 3. The van der Waals surface area contributed by atoms with E-state index < -0.39 is 12.0 Å². The molecule has 0 aliphatic carbocycles. The van der Waals surface area contributed by atoms with Crippen LogP contribution in [-0.2, 0) is 21.4 Å². The molecule has 1 aliphatic heterocycles. The van der Waals surface area contributed by atoms with Crippen LogP contribution in [0.1, 0.15) is 76.1 Å². The summed E-state index contributed by atoms with van der Waals surface area (Å²) in [6, 6.07) is 9.73. The van der Waals surface area contributed by atoms with E-state index in [1.807, 2.05) is 32.3 Å². The van der Waals surface area contributed by atoms with Crippen LogP contribution in [0.2, 0.25) is 0 Å². The minimum atomic E-state index is -0.493. The average molecular weight is 520 g/mol. The van der Waals surface area contributed by atoms with Crippen LogP contribution in [0.4, 0.5) is 0 Å². The highest BCUT2D eigenvalue weighted by atomic mass is 32.1. The number of hydrogen-bond acceptors (Lipinski definition) is 6. The molecule has 2 unspecified atom stereocenters. The predicted molar refractivity (Wildman–Crippen MR) is 148 cm³/mol. The molecule has 1 fully saturated rings. The molecule has 0 saturated carbocycles. The quantitative estimate of drug-likeness (QED) is 0.317. The zero-order chi connectivity index (χ0) is 26.9. The number of aromatic nitrogens is 2. The molecule has 7 heteroatoms. The van der Waals surface area contributed by atoms with Gasteiger partial charge in [-0.3, -0.25) is 9.59 Å². The molecule has 1 amide bonds. The van der Waals surface area contributed by atoms with E-state index in [0.717, 1.165) is 28.1 Å².